The van der Waals surface area contributed by atoms with Gasteiger partial charge in [0.25, 0.3) is 0 Å². The van der Waals surface area contributed by atoms with Crippen LogP contribution in [0.5, 0.6) is 11.5 Å². The lowest BCUT2D eigenvalue weighted by Crippen LogP contribution is -1.97. The largest absolute Gasteiger partial charge is 0.493 e. The van der Waals surface area contributed by atoms with Gasteiger partial charge in [0.05, 0.1) is 25.3 Å². The van der Waals surface area contributed by atoms with Crippen molar-refractivity contribution in [3.8, 4) is 28.3 Å². The molecule has 0 aliphatic carbocycles. The Labute approximate surface area is 161 Å². The quantitative estimate of drug-likeness (QED) is 0.421. The maximum atomic E-state index is 6.42. The maximum absolute atomic E-state index is 6.42. The molecular weight excluding hydrogens is 364 g/mol. The number of nitrogen functional groups attached to an aromatic ring is 1. The van der Waals surface area contributed by atoms with Crippen molar-refractivity contribution in [1.29, 1.82) is 0 Å². The van der Waals surface area contributed by atoms with E-state index in [-0.39, 0.29) is 0 Å². The summed E-state index contributed by atoms with van der Waals surface area (Å²) in [4.78, 5) is 8.60. The molecule has 2 aromatic heterocycles. The molecule has 4 rings (SSSR count). The van der Waals surface area contributed by atoms with Gasteiger partial charge in [-0.1, -0.05) is 23.7 Å². The lowest BCUT2D eigenvalue weighted by atomic mass is 10.1. The number of nitrogens with zero attached hydrogens (tertiary/aromatic N) is 3. The van der Waals surface area contributed by atoms with E-state index >= 15 is 0 Å². The second-order valence-electron chi connectivity index (χ2n) is 5.94. The maximum Gasteiger partial charge on any atom is 0.162 e. The molecule has 27 heavy (non-hydrogen) atoms. The van der Waals surface area contributed by atoms with Crippen LogP contribution in [0.3, 0.4) is 0 Å². The van der Waals surface area contributed by atoms with Gasteiger partial charge in [-0.3, -0.25) is 0 Å². The first-order valence-electron chi connectivity index (χ1n) is 8.22. The van der Waals surface area contributed by atoms with Crippen LogP contribution in [0.1, 0.15) is 0 Å². The zero-order valence-corrected chi connectivity index (χ0v) is 15.6. The molecule has 2 aromatic carbocycles. The fourth-order valence-corrected chi connectivity index (χ4v) is 3.31. The van der Waals surface area contributed by atoms with E-state index in [4.69, 9.17) is 26.8 Å². The van der Waals surface area contributed by atoms with E-state index < -0.39 is 0 Å². The minimum atomic E-state index is 0.394. The number of hydrogen-bond donors (Lipinski definition) is 1. The highest BCUT2D eigenvalue weighted by Crippen LogP contribution is 2.37. The van der Waals surface area contributed by atoms with E-state index in [0.29, 0.717) is 28.0 Å². The highest BCUT2D eigenvalue weighted by molar-refractivity contribution is 6.35. The number of rotatable bonds is 4. The van der Waals surface area contributed by atoms with Crippen LogP contribution >= 0.6 is 11.6 Å². The highest BCUT2D eigenvalue weighted by Gasteiger charge is 2.17. The second kappa shape index (κ2) is 6.81. The Morgan fingerprint density at radius 2 is 1.70 bits per heavy atom. The Bertz CT molecular complexity index is 1120. The van der Waals surface area contributed by atoms with E-state index in [1.54, 1.807) is 14.2 Å². The van der Waals surface area contributed by atoms with Gasteiger partial charge in [-0.05, 0) is 29.8 Å². The molecule has 0 amide bonds. The Hall–Kier alpha value is -3.25. The summed E-state index contributed by atoms with van der Waals surface area (Å²) in [5.74, 6) is 1.29. The summed E-state index contributed by atoms with van der Waals surface area (Å²) < 4.78 is 12.7. The van der Waals surface area contributed by atoms with Gasteiger partial charge in [-0.25, -0.2) is 9.97 Å². The fourth-order valence-electron chi connectivity index (χ4n) is 3.08. The van der Waals surface area contributed by atoms with Crippen LogP contribution in [0.4, 0.5) is 5.69 Å². The number of anilines is 1. The molecule has 2 N–H and O–H groups in total. The molecule has 4 aromatic rings. The van der Waals surface area contributed by atoms with Gasteiger partial charge >= 0.3 is 0 Å². The third-order valence-electron chi connectivity index (χ3n) is 4.40. The third kappa shape index (κ3) is 2.94. The van der Waals surface area contributed by atoms with Crippen molar-refractivity contribution < 1.29 is 9.47 Å². The van der Waals surface area contributed by atoms with Crippen LogP contribution < -0.4 is 15.2 Å². The van der Waals surface area contributed by atoms with Crippen molar-refractivity contribution in [2.24, 2.45) is 0 Å². The number of nitrogens with two attached hydrogens (primary N) is 1. The standard InChI is InChI=1S/C20H17ClN4O2/c1-26-16-8-7-14(9-17(16)27-2)25-10-15(12-3-5-13(22)6-4-12)18-19(21)23-11-24-20(18)25/h3-11H,22H2,1-2H3. The van der Waals surface area contributed by atoms with Gasteiger partial charge in [-0.2, -0.15) is 0 Å². The molecule has 0 fully saturated rings. The summed E-state index contributed by atoms with van der Waals surface area (Å²) in [5, 5.41) is 1.17. The summed E-state index contributed by atoms with van der Waals surface area (Å²) in [6, 6.07) is 13.3. The fraction of sp³-hybridized carbons (Fsp3) is 0.100. The number of hydrogen-bond acceptors (Lipinski definition) is 5. The number of ether oxygens (including phenoxy) is 2. The summed E-state index contributed by atoms with van der Waals surface area (Å²) in [5.41, 5.74) is 9.99. The van der Waals surface area contributed by atoms with Crippen LogP contribution in [0.15, 0.2) is 55.0 Å². The molecule has 0 aliphatic heterocycles. The number of benzene rings is 2. The van der Waals surface area contributed by atoms with Crippen molar-refractivity contribution in [2.45, 2.75) is 0 Å². The van der Waals surface area contributed by atoms with E-state index in [2.05, 4.69) is 9.97 Å². The molecule has 0 saturated carbocycles. The summed E-state index contributed by atoms with van der Waals surface area (Å²) in [6.45, 7) is 0. The monoisotopic (exact) mass is 380 g/mol. The van der Waals surface area contributed by atoms with E-state index in [9.17, 15) is 0 Å². The summed E-state index contributed by atoms with van der Waals surface area (Å²) in [6.07, 6.45) is 3.44. The molecule has 0 unspecified atom stereocenters. The average molecular weight is 381 g/mol. The molecule has 0 atom stereocenters. The number of halogens is 1. The zero-order valence-electron chi connectivity index (χ0n) is 14.8. The molecule has 0 aliphatic rings. The van der Waals surface area contributed by atoms with Crippen molar-refractivity contribution in [3.05, 3.63) is 60.1 Å². The number of aromatic nitrogens is 3. The first-order valence-corrected chi connectivity index (χ1v) is 8.60. The van der Waals surface area contributed by atoms with Gasteiger partial charge in [-0.15, -0.1) is 0 Å². The van der Waals surface area contributed by atoms with Crippen molar-refractivity contribution in [3.63, 3.8) is 0 Å². The second-order valence-corrected chi connectivity index (χ2v) is 6.30. The SMILES string of the molecule is COc1ccc(-n2cc(-c3ccc(N)cc3)c3c(Cl)ncnc32)cc1OC. The van der Waals surface area contributed by atoms with Gasteiger partial charge in [0.15, 0.2) is 11.5 Å². The predicted molar refractivity (Wildman–Crippen MR) is 107 cm³/mol. The van der Waals surface area contributed by atoms with Crippen LogP contribution in [0, 0.1) is 0 Å². The first kappa shape index (κ1) is 17.2. The molecule has 0 bridgehead atoms. The van der Waals surface area contributed by atoms with Gasteiger partial charge in [0.1, 0.15) is 17.1 Å². The predicted octanol–water partition coefficient (Wildman–Crippen LogP) is 4.34. The Morgan fingerprint density at radius 3 is 2.41 bits per heavy atom. The van der Waals surface area contributed by atoms with Crippen LogP contribution in [-0.2, 0) is 0 Å². The van der Waals surface area contributed by atoms with E-state index in [1.807, 2.05) is 53.2 Å². The van der Waals surface area contributed by atoms with Crippen molar-refractivity contribution in [2.75, 3.05) is 20.0 Å². The topological polar surface area (TPSA) is 75.2 Å². The lowest BCUT2D eigenvalue weighted by Gasteiger charge is -2.10. The molecule has 2 heterocycles. The van der Waals surface area contributed by atoms with Crippen LogP contribution in [0.25, 0.3) is 27.8 Å². The van der Waals surface area contributed by atoms with Gasteiger partial charge in [0.2, 0.25) is 0 Å². The average Bonchev–Trinajstić information content (AvgIpc) is 3.09. The van der Waals surface area contributed by atoms with Crippen LogP contribution in [-0.4, -0.2) is 28.8 Å². The molecule has 0 radical (unpaired) electrons. The van der Waals surface area contributed by atoms with E-state index in [0.717, 1.165) is 22.2 Å². The first-order chi connectivity index (χ1) is 13.1. The molecule has 6 nitrogen and oxygen atoms in total. The minimum Gasteiger partial charge on any atom is -0.493 e. The molecule has 0 saturated heterocycles. The third-order valence-corrected chi connectivity index (χ3v) is 4.69. The lowest BCUT2D eigenvalue weighted by molar-refractivity contribution is 0.355. The molecular formula is C20H17ClN4O2. The van der Waals surface area contributed by atoms with Crippen LogP contribution in [0.2, 0.25) is 5.15 Å². The number of methoxy groups -OCH3 is 2. The van der Waals surface area contributed by atoms with Crippen molar-refractivity contribution >= 4 is 28.3 Å². The smallest absolute Gasteiger partial charge is 0.162 e. The molecule has 0 spiro atoms. The highest BCUT2D eigenvalue weighted by atomic mass is 35.5. The Morgan fingerprint density at radius 1 is 0.963 bits per heavy atom. The molecule has 136 valence electrons. The van der Waals surface area contributed by atoms with Gasteiger partial charge < -0.3 is 19.8 Å². The van der Waals surface area contributed by atoms with E-state index in [1.165, 1.54) is 6.33 Å². The minimum absolute atomic E-state index is 0.394. The number of fused-ring (bicyclic) bond motifs is 1. The Balaban J connectivity index is 1.97. The normalized spacial score (nSPS) is 10.9. The van der Waals surface area contributed by atoms with Crippen molar-refractivity contribution in [1.82, 2.24) is 14.5 Å². The molecule has 7 heteroatoms. The summed E-state index contributed by atoms with van der Waals surface area (Å²) in [7, 11) is 3.21. The summed E-state index contributed by atoms with van der Waals surface area (Å²) >= 11 is 6.42. The van der Waals surface area contributed by atoms with Gasteiger partial charge in [0, 0.05) is 23.5 Å². The zero-order chi connectivity index (χ0) is 19.0. The Kier molecular flexibility index (Phi) is 4.33.